The minimum absolute atomic E-state index is 0.0180. The van der Waals surface area contributed by atoms with Crippen molar-refractivity contribution < 1.29 is 24.3 Å². The van der Waals surface area contributed by atoms with Crippen LogP contribution in [0.1, 0.15) is 28.2 Å². The smallest absolute Gasteiger partial charge is 0.272 e. The molecule has 1 aliphatic heterocycles. The van der Waals surface area contributed by atoms with Gasteiger partial charge in [-0.2, -0.15) is 0 Å². The molecule has 0 spiro atoms. The van der Waals surface area contributed by atoms with E-state index < -0.39 is 17.7 Å². The number of hydroxylamine groups is 1. The maximum atomic E-state index is 13.2. The fraction of sp³-hybridized carbons (Fsp3) is 0.233. The van der Waals surface area contributed by atoms with Crippen molar-refractivity contribution in [3.63, 3.8) is 0 Å². The Kier molecular flexibility index (Phi) is 7.97. The summed E-state index contributed by atoms with van der Waals surface area (Å²) in [5.41, 5.74) is 5.29. The first kappa shape index (κ1) is 26.8. The Morgan fingerprint density at radius 3 is 2.52 bits per heavy atom. The van der Waals surface area contributed by atoms with Crippen molar-refractivity contribution in [3.8, 4) is 5.75 Å². The third-order valence-electron chi connectivity index (χ3n) is 7.01. The van der Waals surface area contributed by atoms with Crippen LogP contribution in [0.2, 0.25) is 0 Å². The topological polar surface area (TPSA) is 134 Å². The molecule has 2 aromatic heterocycles. The van der Waals surface area contributed by atoms with Crippen molar-refractivity contribution in [2.24, 2.45) is 11.8 Å². The summed E-state index contributed by atoms with van der Waals surface area (Å²) in [7, 11) is 0. The average molecular weight is 540 g/mol. The van der Waals surface area contributed by atoms with Crippen LogP contribution in [0.15, 0.2) is 79.0 Å². The van der Waals surface area contributed by atoms with Crippen LogP contribution in [-0.2, 0) is 16.2 Å². The number of rotatable bonds is 7. The van der Waals surface area contributed by atoms with Gasteiger partial charge in [-0.3, -0.25) is 29.6 Å². The number of amides is 3. The van der Waals surface area contributed by atoms with E-state index in [9.17, 15) is 19.6 Å². The summed E-state index contributed by atoms with van der Waals surface area (Å²) in [4.78, 5) is 48.6. The van der Waals surface area contributed by atoms with E-state index in [1.54, 1.807) is 47.9 Å². The molecule has 3 heterocycles. The number of fused-ring (bicyclic) bond motifs is 1. The summed E-state index contributed by atoms with van der Waals surface area (Å²) in [6.45, 7) is 2.57. The summed E-state index contributed by atoms with van der Waals surface area (Å²) < 4.78 is 6.00. The summed E-state index contributed by atoms with van der Waals surface area (Å²) >= 11 is 0. The van der Waals surface area contributed by atoms with E-state index in [0.29, 0.717) is 18.0 Å². The lowest BCUT2D eigenvalue weighted by molar-refractivity contribution is -0.141. The Hall–Kier alpha value is -4.83. The number of anilines is 1. The maximum absolute atomic E-state index is 13.2. The molecule has 0 unspecified atom stereocenters. The van der Waals surface area contributed by atoms with Gasteiger partial charge in [-0.1, -0.05) is 24.3 Å². The zero-order valence-corrected chi connectivity index (χ0v) is 21.9. The van der Waals surface area contributed by atoms with E-state index >= 15 is 0 Å². The first-order chi connectivity index (χ1) is 19.4. The fourth-order valence-electron chi connectivity index (χ4n) is 4.99. The molecule has 0 saturated carbocycles. The highest BCUT2D eigenvalue weighted by molar-refractivity contribution is 5.97. The third-order valence-corrected chi connectivity index (χ3v) is 7.01. The first-order valence-corrected chi connectivity index (χ1v) is 13.0. The van der Waals surface area contributed by atoms with Gasteiger partial charge in [0.1, 0.15) is 18.1 Å². The molecule has 3 amide bonds. The van der Waals surface area contributed by atoms with Gasteiger partial charge in [-0.15, -0.1) is 0 Å². The average Bonchev–Trinajstić information content (AvgIpc) is 2.99. The molecule has 0 bridgehead atoms. The molecule has 2 aromatic carbocycles. The minimum atomic E-state index is -0.923. The van der Waals surface area contributed by atoms with Crippen LogP contribution in [0.4, 0.5) is 5.69 Å². The highest BCUT2D eigenvalue weighted by Gasteiger charge is 2.40. The van der Waals surface area contributed by atoms with Crippen LogP contribution >= 0.6 is 0 Å². The lowest BCUT2D eigenvalue weighted by Gasteiger charge is -2.36. The van der Waals surface area contributed by atoms with E-state index in [1.165, 1.54) is 11.1 Å². The first-order valence-electron chi connectivity index (χ1n) is 13.0. The van der Waals surface area contributed by atoms with Crippen LogP contribution < -0.4 is 15.5 Å². The lowest BCUT2D eigenvalue weighted by atomic mass is 9.84. The van der Waals surface area contributed by atoms with Gasteiger partial charge >= 0.3 is 0 Å². The maximum Gasteiger partial charge on any atom is 0.272 e. The Morgan fingerprint density at radius 2 is 1.77 bits per heavy atom. The molecule has 3 N–H and O–H groups in total. The summed E-state index contributed by atoms with van der Waals surface area (Å²) in [5.74, 6) is -2.45. The monoisotopic (exact) mass is 539 g/mol. The molecule has 2 atom stereocenters. The van der Waals surface area contributed by atoms with Crippen LogP contribution in [0, 0.1) is 18.8 Å². The minimum Gasteiger partial charge on any atom is -0.489 e. The molecular weight excluding hydrogens is 510 g/mol. The largest absolute Gasteiger partial charge is 0.489 e. The van der Waals surface area contributed by atoms with E-state index in [2.05, 4.69) is 15.3 Å². The number of para-hydroxylation sites is 1. The SMILES string of the molecule is Cc1cc(COc2ccc(NC(=O)[C@H]3CCN(C(=O)c4ccccn4)C[C@@H]3C(=O)NO)cc2)c2ccccc2n1. The molecule has 10 nitrogen and oxygen atoms in total. The quantitative estimate of drug-likeness (QED) is 0.241. The molecule has 1 saturated heterocycles. The summed E-state index contributed by atoms with van der Waals surface area (Å²) in [6.07, 6.45) is 1.77. The number of carbonyl (C=O) groups excluding carboxylic acids is 3. The van der Waals surface area contributed by atoms with Gasteiger partial charge in [0.2, 0.25) is 11.8 Å². The van der Waals surface area contributed by atoms with E-state index in [1.807, 2.05) is 37.3 Å². The van der Waals surface area contributed by atoms with Crippen LogP contribution in [-0.4, -0.2) is 50.9 Å². The number of ether oxygens (including phenoxy) is 1. The van der Waals surface area contributed by atoms with Crippen molar-refractivity contribution in [1.82, 2.24) is 20.3 Å². The number of likely N-dealkylation sites (tertiary alicyclic amines) is 1. The number of aryl methyl sites for hydroxylation is 1. The number of carbonyl (C=O) groups is 3. The highest BCUT2D eigenvalue weighted by atomic mass is 16.5. The Labute approximate surface area is 231 Å². The van der Waals surface area contributed by atoms with Gasteiger partial charge < -0.3 is 15.0 Å². The normalized spacial score (nSPS) is 16.8. The fourth-order valence-corrected chi connectivity index (χ4v) is 4.99. The van der Waals surface area contributed by atoms with Gasteiger partial charge in [0.05, 0.1) is 17.4 Å². The van der Waals surface area contributed by atoms with Gasteiger partial charge in [-0.25, -0.2) is 5.48 Å². The van der Waals surface area contributed by atoms with E-state index in [4.69, 9.17) is 4.74 Å². The molecule has 204 valence electrons. The van der Waals surface area contributed by atoms with Crippen molar-refractivity contribution in [3.05, 3.63) is 95.9 Å². The van der Waals surface area contributed by atoms with Crippen molar-refractivity contribution >= 4 is 34.3 Å². The molecule has 1 aliphatic rings. The number of hydrogen-bond donors (Lipinski definition) is 3. The number of nitrogens with zero attached hydrogens (tertiary/aromatic N) is 3. The second kappa shape index (κ2) is 11.9. The molecule has 4 aromatic rings. The predicted molar refractivity (Wildman–Crippen MR) is 148 cm³/mol. The molecular formula is C30H29N5O5. The van der Waals surface area contributed by atoms with Gasteiger partial charge in [0.15, 0.2) is 0 Å². The standard InChI is InChI=1S/C30H29N5O5/c1-19-16-20(23-6-2-3-7-26(23)32-19)18-40-22-11-9-21(10-12-22)33-28(36)24-13-15-35(17-25(24)29(37)34-39)30(38)27-8-4-5-14-31-27/h2-12,14,16,24-25,39H,13,15,17-18H2,1H3,(H,33,36)(H,34,37)/t24-,25-/m0/s1. The number of pyridine rings is 2. The second-order valence-corrected chi connectivity index (χ2v) is 9.69. The van der Waals surface area contributed by atoms with Crippen molar-refractivity contribution in [1.29, 1.82) is 0 Å². The Balaban J connectivity index is 1.22. The number of hydrogen-bond acceptors (Lipinski definition) is 7. The summed E-state index contributed by atoms with van der Waals surface area (Å²) in [6, 6.07) is 21.9. The number of piperidine rings is 1. The molecule has 5 rings (SSSR count). The molecule has 1 fully saturated rings. The number of aromatic nitrogens is 2. The molecule has 40 heavy (non-hydrogen) atoms. The zero-order valence-electron chi connectivity index (χ0n) is 21.9. The lowest BCUT2D eigenvalue weighted by Crippen LogP contribution is -2.52. The van der Waals surface area contributed by atoms with Crippen LogP contribution in [0.25, 0.3) is 10.9 Å². The molecule has 0 radical (unpaired) electrons. The highest BCUT2D eigenvalue weighted by Crippen LogP contribution is 2.27. The Morgan fingerprint density at radius 1 is 1.00 bits per heavy atom. The summed E-state index contributed by atoms with van der Waals surface area (Å²) in [5, 5.41) is 13.2. The van der Waals surface area contributed by atoms with Crippen molar-refractivity contribution in [2.45, 2.75) is 20.0 Å². The third kappa shape index (κ3) is 5.92. The molecule has 0 aliphatic carbocycles. The molecule has 10 heteroatoms. The number of nitrogens with one attached hydrogen (secondary N) is 2. The number of benzene rings is 2. The van der Waals surface area contributed by atoms with Crippen LogP contribution in [0.5, 0.6) is 5.75 Å². The van der Waals surface area contributed by atoms with Crippen molar-refractivity contribution in [2.75, 3.05) is 18.4 Å². The van der Waals surface area contributed by atoms with Gasteiger partial charge in [0.25, 0.3) is 5.91 Å². The zero-order chi connectivity index (χ0) is 28.1. The predicted octanol–water partition coefficient (Wildman–Crippen LogP) is 3.74. The van der Waals surface area contributed by atoms with Gasteiger partial charge in [-0.05, 0) is 61.9 Å². The van der Waals surface area contributed by atoms with Crippen LogP contribution in [0.3, 0.4) is 0 Å². The second-order valence-electron chi connectivity index (χ2n) is 9.69. The van der Waals surface area contributed by atoms with Gasteiger partial charge in [0, 0.05) is 41.6 Å². The Bertz CT molecular complexity index is 1530. The van der Waals surface area contributed by atoms with E-state index in [-0.39, 0.29) is 37.0 Å². The van der Waals surface area contributed by atoms with E-state index in [0.717, 1.165) is 22.2 Å².